The van der Waals surface area contributed by atoms with Gasteiger partial charge in [-0.15, -0.1) is 0 Å². The number of hydrogen-bond acceptors (Lipinski definition) is 2. The molecule has 108 valence electrons. The Kier molecular flexibility index (Phi) is 3.83. The molecule has 0 aromatic heterocycles. The van der Waals surface area contributed by atoms with Crippen LogP contribution in [0.2, 0.25) is 0 Å². The second-order valence-electron chi connectivity index (χ2n) is 5.47. The molecular weight excluding hydrogens is 328 g/mol. The van der Waals surface area contributed by atoms with Gasteiger partial charge in [-0.05, 0) is 60.4 Å². The van der Waals surface area contributed by atoms with Crippen molar-refractivity contribution < 1.29 is 4.79 Å². The highest BCUT2D eigenvalue weighted by Crippen LogP contribution is 2.25. The zero-order valence-corrected chi connectivity index (χ0v) is 13.7. The zero-order chi connectivity index (χ0) is 15.0. The number of anilines is 1. The van der Waals surface area contributed by atoms with Gasteiger partial charge in [0.25, 0.3) is 5.91 Å². The van der Waals surface area contributed by atoms with E-state index in [0.717, 1.165) is 34.4 Å². The van der Waals surface area contributed by atoms with E-state index in [0.29, 0.717) is 5.56 Å². The van der Waals surface area contributed by atoms with Crippen molar-refractivity contribution >= 4 is 27.5 Å². The van der Waals surface area contributed by atoms with Crippen molar-refractivity contribution in [3.05, 3.63) is 62.6 Å². The quantitative estimate of drug-likeness (QED) is 0.866. The Bertz CT molecular complexity index is 702. The van der Waals surface area contributed by atoms with Gasteiger partial charge >= 0.3 is 0 Å². The number of benzene rings is 2. The molecule has 2 aromatic carbocycles. The number of hydrogen-bond donors (Lipinski definition) is 2. The number of fused-ring (bicyclic) bond motifs is 1. The van der Waals surface area contributed by atoms with E-state index in [1.54, 1.807) is 0 Å². The first-order valence-electron chi connectivity index (χ1n) is 6.95. The van der Waals surface area contributed by atoms with Crippen LogP contribution in [0, 0.1) is 13.8 Å². The standard InChI is InChI=1S/C17H17BrN2O/c1-10-5-15(6-11(2)16(10)18)20-17(21)12-3-4-13-8-19-9-14(13)7-12/h3-7,19H,8-9H2,1-2H3,(H,20,21). The molecule has 2 N–H and O–H groups in total. The molecule has 2 aromatic rings. The van der Waals surface area contributed by atoms with E-state index in [1.807, 2.05) is 44.2 Å². The highest BCUT2D eigenvalue weighted by Gasteiger charge is 2.14. The summed E-state index contributed by atoms with van der Waals surface area (Å²) in [6.07, 6.45) is 0. The fourth-order valence-corrected chi connectivity index (χ4v) is 2.89. The second-order valence-corrected chi connectivity index (χ2v) is 6.26. The lowest BCUT2D eigenvalue weighted by molar-refractivity contribution is 0.102. The van der Waals surface area contributed by atoms with Crippen molar-refractivity contribution in [1.29, 1.82) is 0 Å². The minimum absolute atomic E-state index is 0.0641. The van der Waals surface area contributed by atoms with Crippen molar-refractivity contribution in [2.45, 2.75) is 26.9 Å². The average Bonchev–Trinajstić information content (AvgIpc) is 2.91. The van der Waals surface area contributed by atoms with E-state index in [2.05, 4.69) is 26.6 Å². The van der Waals surface area contributed by atoms with Gasteiger partial charge in [-0.2, -0.15) is 0 Å². The predicted octanol–water partition coefficient (Wildman–Crippen LogP) is 3.92. The summed E-state index contributed by atoms with van der Waals surface area (Å²) in [5.74, 6) is -0.0641. The third-order valence-corrected chi connectivity index (χ3v) is 5.04. The lowest BCUT2D eigenvalue weighted by Gasteiger charge is -2.10. The van der Waals surface area contributed by atoms with Gasteiger partial charge in [0.2, 0.25) is 0 Å². The minimum atomic E-state index is -0.0641. The molecule has 0 fully saturated rings. The first kappa shape index (κ1) is 14.3. The number of halogens is 1. The SMILES string of the molecule is Cc1cc(NC(=O)c2ccc3c(c2)CNC3)cc(C)c1Br. The lowest BCUT2D eigenvalue weighted by Crippen LogP contribution is -2.12. The molecule has 1 aliphatic heterocycles. The monoisotopic (exact) mass is 344 g/mol. The number of carbonyl (C=O) groups excluding carboxylic acids is 1. The third kappa shape index (κ3) is 2.87. The molecule has 0 aliphatic carbocycles. The van der Waals surface area contributed by atoms with Crippen LogP contribution < -0.4 is 10.6 Å². The average molecular weight is 345 g/mol. The van der Waals surface area contributed by atoms with Crippen LogP contribution in [-0.4, -0.2) is 5.91 Å². The maximum absolute atomic E-state index is 12.4. The van der Waals surface area contributed by atoms with Gasteiger partial charge < -0.3 is 10.6 Å². The van der Waals surface area contributed by atoms with E-state index >= 15 is 0 Å². The van der Waals surface area contributed by atoms with Crippen molar-refractivity contribution in [2.75, 3.05) is 5.32 Å². The first-order valence-corrected chi connectivity index (χ1v) is 7.74. The highest BCUT2D eigenvalue weighted by molar-refractivity contribution is 9.10. The molecule has 4 heteroatoms. The molecule has 1 amide bonds. The molecular formula is C17H17BrN2O. The Morgan fingerprint density at radius 2 is 1.76 bits per heavy atom. The van der Waals surface area contributed by atoms with Crippen LogP contribution in [0.4, 0.5) is 5.69 Å². The fraction of sp³-hybridized carbons (Fsp3) is 0.235. The van der Waals surface area contributed by atoms with Gasteiger partial charge in [0.15, 0.2) is 0 Å². The summed E-state index contributed by atoms with van der Waals surface area (Å²) >= 11 is 3.54. The zero-order valence-electron chi connectivity index (χ0n) is 12.1. The molecule has 21 heavy (non-hydrogen) atoms. The number of aryl methyl sites for hydroxylation is 2. The van der Waals surface area contributed by atoms with Gasteiger partial charge in [-0.3, -0.25) is 4.79 Å². The van der Waals surface area contributed by atoms with Gasteiger partial charge in [0, 0.05) is 28.8 Å². The van der Waals surface area contributed by atoms with Crippen LogP contribution in [0.15, 0.2) is 34.8 Å². The van der Waals surface area contributed by atoms with Crippen LogP contribution >= 0.6 is 15.9 Å². The maximum atomic E-state index is 12.4. The molecule has 1 aliphatic rings. The minimum Gasteiger partial charge on any atom is -0.322 e. The normalized spacial score (nSPS) is 13.1. The van der Waals surface area contributed by atoms with Crippen molar-refractivity contribution in [1.82, 2.24) is 5.32 Å². The summed E-state index contributed by atoms with van der Waals surface area (Å²) in [7, 11) is 0. The number of nitrogens with one attached hydrogen (secondary N) is 2. The maximum Gasteiger partial charge on any atom is 0.255 e. The lowest BCUT2D eigenvalue weighted by atomic mass is 10.1. The number of rotatable bonds is 2. The van der Waals surface area contributed by atoms with Crippen LogP contribution in [-0.2, 0) is 13.1 Å². The third-order valence-electron chi connectivity index (χ3n) is 3.79. The van der Waals surface area contributed by atoms with Gasteiger partial charge in [0.05, 0.1) is 0 Å². The summed E-state index contributed by atoms with van der Waals surface area (Å²) in [5.41, 5.74) is 6.26. The fourth-order valence-electron chi connectivity index (χ4n) is 2.66. The molecule has 0 spiro atoms. The molecule has 0 bridgehead atoms. The Morgan fingerprint density at radius 3 is 2.48 bits per heavy atom. The topological polar surface area (TPSA) is 41.1 Å². The van der Waals surface area contributed by atoms with Crippen LogP contribution in [0.3, 0.4) is 0 Å². The molecule has 3 nitrogen and oxygen atoms in total. The van der Waals surface area contributed by atoms with Crippen molar-refractivity contribution in [3.8, 4) is 0 Å². The Balaban J connectivity index is 1.83. The Labute approximate surface area is 132 Å². The van der Waals surface area contributed by atoms with Crippen LogP contribution in [0.5, 0.6) is 0 Å². The van der Waals surface area contributed by atoms with Gasteiger partial charge in [0.1, 0.15) is 0 Å². The van der Waals surface area contributed by atoms with E-state index < -0.39 is 0 Å². The predicted molar refractivity (Wildman–Crippen MR) is 88.6 cm³/mol. The van der Waals surface area contributed by atoms with Gasteiger partial charge in [-0.25, -0.2) is 0 Å². The van der Waals surface area contributed by atoms with E-state index in [1.165, 1.54) is 11.1 Å². The first-order chi connectivity index (χ1) is 10.0. The van der Waals surface area contributed by atoms with Crippen molar-refractivity contribution in [2.24, 2.45) is 0 Å². The Morgan fingerprint density at radius 1 is 1.10 bits per heavy atom. The van der Waals surface area contributed by atoms with E-state index in [-0.39, 0.29) is 5.91 Å². The molecule has 0 atom stereocenters. The second kappa shape index (κ2) is 5.62. The molecule has 0 saturated heterocycles. The summed E-state index contributed by atoms with van der Waals surface area (Å²) in [4.78, 5) is 12.4. The molecule has 0 unspecified atom stereocenters. The summed E-state index contributed by atoms with van der Waals surface area (Å²) in [6, 6.07) is 9.85. The summed E-state index contributed by atoms with van der Waals surface area (Å²) in [5, 5.41) is 6.27. The number of carbonyl (C=O) groups is 1. The van der Waals surface area contributed by atoms with Crippen LogP contribution in [0.25, 0.3) is 0 Å². The smallest absolute Gasteiger partial charge is 0.255 e. The summed E-state index contributed by atoms with van der Waals surface area (Å²) < 4.78 is 1.09. The highest BCUT2D eigenvalue weighted by atomic mass is 79.9. The molecule has 0 saturated carbocycles. The van der Waals surface area contributed by atoms with Gasteiger partial charge in [-0.1, -0.05) is 22.0 Å². The molecule has 0 radical (unpaired) electrons. The van der Waals surface area contributed by atoms with E-state index in [4.69, 9.17) is 0 Å². The van der Waals surface area contributed by atoms with Crippen LogP contribution in [0.1, 0.15) is 32.6 Å². The number of amides is 1. The largest absolute Gasteiger partial charge is 0.322 e. The molecule has 3 rings (SSSR count). The molecule has 1 heterocycles. The van der Waals surface area contributed by atoms with Crippen molar-refractivity contribution in [3.63, 3.8) is 0 Å². The summed E-state index contributed by atoms with van der Waals surface area (Å²) in [6.45, 7) is 5.77. The van der Waals surface area contributed by atoms with E-state index in [9.17, 15) is 4.79 Å². The Hall–Kier alpha value is -1.65.